The highest BCUT2D eigenvalue weighted by Gasteiger charge is 2.22. The molecular formula is C20H27N5OS. The number of nitrogens with zero attached hydrogens (tertiary/aromatic N) is 4. The zero-order valence-electron chi connectivity index (χ0n) is 15.9. The molecule has 2 aromatic rings. The fourth-order valence-electron chi connectivity index (χ4n) is 3.62. The molecule has 0 bridgehead atoms. The number of likely N-dealkylation sites (tertiary alicyclic amines) is 1. The summed E-state index contributed by atoms with van der Waals surface area (Å²) in [6, 6.07) is 0.395. The summed E-state index contributed by atoms with van der Waals surface area (Å²) in [5.41, 5.74) is 9.32. The maximum Gasteiger partial charge on any atom is 0.318 e. The zero-order valence-corrected chi connectivity index (χ0v) is 16.7. The van der Waals surface area contributed by atoms with Crippen molar-refractivity contribution in [1.29, 1.82) is 0 Å². The summed E-state index contributed by atoms with van der Waals surface area (Å²) in [5, 5.41) is 1.21. The van der Waals surface area contributed by atoms with Gasteiger partial charge in [0.1, 0.15) is 10.8 Å². The van der Waals surface area contributed by atoms with E-state index in [9.17, 15) is 0 Å². The van der Waals surface area contributed by atoms with Gasteiger partial charge in [-0.15, -0.1) is 11.3 Å². The van der Waals surface area contributed by atoms with Crippen LogP contribution in [0.25, 0.3) is 5.57 Å². The molecule has 7 heteroatoms. The van der Waals surface area contributed by atoms with Crippen LogP contribution in [0.2, 0.25) is 0 Å². The van der Waals surface area contributed by atoms with Crippen LogP contribution in [-0.2, 0) is 19.4 Å². The topological polar surface area (TPSA) is 77.2 Å². The van der Waals surface area contributed by atoms with E-state index in [4.69, 9.17) is 10.5 Å². The molecule has 0 amide bonds. The number of aromatic nitrogens is 3. The van der Waals surface area contributed by atoms with E-state index in [2.05, 4.69) is 32.9 Å². The number of anilines is 1. The second kappa shape index (κ2) is 8.35. The van der Waals surface area contributed by atoms with Crippen LogP contribution in [0.1, 0.15) is 53.7 Å². The molecule has 144 valence electrons. The second-order valence-corrected chi connectivity index (χ2v) is 8.43. The molecule has 0 saturated carbocycles. The lowest BCUT2D eigenvalue weighted by atomic mass is 10.1. The quantitative estimate of drug-likeness (QED) is 0.701. The summed E-state index contributed by atoms with van der Waals surface area (Å²) in [7, 11) is 0. The summed E-state index contributed by atoms with van der Waals surface area (Å²) in [5.74, 6) is 0.539. The number of hydrogen-bond acceptors (Lipinski definition) is 7. The molecule has 0 spiro atoms. The molecule has 4 rings (SSSR count). The number of nitrogen functional groups attached to an aromatic ring is 1. The van der Waals surface area contributed by atoms with Crippen molar-refractivity contribution in [2.45, 2.75) is 52.0 Å². The van der Waals surface area contributed by atoms with Crippen LogP contribution >= 0.6 is 11.3 Å². The minimum absolute atomic E-state index is 0.395. The fraction of sp³-hybridized carbons (Fsp3) is 0.550. The first-order valence-electron chi connectivity index (χ1n) is 9.87. The first kappa shape index (κ1) is 18.4. The van der Waals surface area contributed by atoms with Gasteiger partial charge in [-0.05, 0) is 44.3 Å². The molecule has 1 aliphatic carbocycles. The third-order valence-corrected chi connectivity index (χ3v) is 6.11. The summed E-state index contributed by atoms with van der Waals surface area (Å²) in [4.78, 5) is 17.4. The van der Waals surface area contributed by atoms with Gasteiger partial charge in [-0.3, -0.25) is 4.90 Å². The Labute approximate surface area is 164 Å². The highest BCUT2D eigenvalue weighted by Crippen LogP contribution is 2.33. The summed E-state index contributed by atoms with van der Waals surface area (Å²) < 4.78 is 5.68. The van der Waals surface area contributed by atoms with Crippen LogP contribution < -0.4 is 10.5 Å². The van der Waals surface area contributed by atoms with Crippen LogP contribution in [0.15, 0.2) is 12.3 Å². The van der Waals surface area contributed by atoms with Crippen molar-refractivity contribution in [3.63, 3.8) is 0 Å². The molecule has 27 heavy (non-hydrogen) atoms. The van der Waals surface area contributed by atoms with E-state index in [-0.39, 0.29) is 0 Å². The van der Waals surface area contributed by atoms with Crippen LogP contribution in [0.4, 0.5) is 5.82 Å². The zero-order chi connectivity index (χ0) is 18.6. The molecule has 2 aliphatic rings. The van der Waals surface area contributed by atoms with E-state index >= 15 is 0 Å². The molecule has 2 aromatic heterocycles. The Bertz CT molecular complexity index is 826. The van der Waals surface area contributed by atoms with Gasteiger partial charge >= 0.3 is 6.01 Å². The van der Waals surface area contributed by atoms with Crippen molar-refractivity contribution in [1.82, 2.24) is 19.9 Å². The maximum atomic E-state index is 6.15. The maximum absolute atomic E-state index is 6.15. The minimum atomic E-state index is 0.395. The molecule has 3 heterocycles. The predicted octanol–water partition coefficient (Wildman–Crippen LogP) is 3.47. The Hall–Kier alpha value is -1.99. The van der Waals surface area contributed by atoms with Crippen LogP contribution in [0, 0.1) is 0 Å². The molecule has 0 atom stereocenters. The Morgan fingerprint density at radius 2 is 2.11 bits per heavy atom. The SMILES string of the molecule is CCCCOc1nc(N)c2c(n1)C(Cc1cnc(CN3CCCC3)s1)=CC2. The molecule has 2 N–H and O–H groups in total. The molecule has 1 saturated heterocycles. The first-order valence-corrected chi connectivity index (χ1v) is 10.7. The average molecular weight is 386 g/mol. The second-order valence-electron chi connectivity index (χ2n) is 7.23. The molecule has 0 aromatic carbocycles. The van der Waals surface area contributed by atoms with Crippen molar-refractivity contribution in [3.8, 4) is 6.01 Å². The third-order valence-electron chi connectivity index (χ3n) is 5.13. The van der Waals surface area contributed by atoms with Crippen LogP contribution in [-0.4, -0.2) is 39.5 Å². The fourth-order valence-corrected chi connectivity index (χ4v) is 4.61. The van der Waals surface area contributed by atoms with Gasteiger partial charge in [-0.25, -0.2) is 4.98 Å². The van der Waals surface area contributed by atoms with Crippen molar-refractivity contribution in [3.05, 3.63) is 33.4 Å². The molecule has 1 aliphatic heterocycles. The van der Waals surface area contributed by atoms with Gasteiger partial charge in [0.2, 0.25) is 0 Å². The largest absolute Gasteiger partial charge is 0.463 e. The number of fused-ring (bicyclic) bond motifs is 1. The van der Waals surface area contributed by atoms with Gasteiger partial charge < -0.3 is 10.5 Å². The first-order chi connectivity index (χ1) is 13.2. The summed E-state index contributed by atoms with van der Waals surface area (Å²) in [6.45, 7) is 6.14. The third kappa shape index (κ3) is 4.30. The Balaban J connectivity index is 1.45. The smallest absolute Gasteiger partial charge is 0.318 e. The Morgan fingerprint density at radius 3 is 2.93 bits per heavy atom. The molecular weight excluding hydrogens is 358 g/mol. The summed E-state index contributed by atoms with van der Waals surface area (Å²) >= 11 is 1.81. The van der Waals surface area contributed by atoms with Crippen molar-refractivity contribution < 1.29 is 4.74 Å². The highest BCUT2D eigenvalue weighted by atomic mass is 32.1. The average Bonchev–Trinajstić information content (AvgIpc) is 3.39. The minimum Gasteiger partial charge on any atom is -0.463 e. The van der Waals surface area contributed by atoms with Gasteiger partial charge in [0.05, 0.1) is 18.8 Å². The number of hydrogen-bond donors (Lipinski definition) is 1. The lowest BCUT2D eigenvalue weighted by molar-refractivity contribution is 0.285. The number of unbranched alkanes of at least 4 members (excludes halogenated alkanes) is 1. The Kier molecular flexibility index (Phi) is 5.69. The molecule has 6 nitrogen and oxygen atoms in total. The number of thiazole rings is 1. The van der Waals surface area contributed by atoms with Gasteiger partial charge in [-0.2, -0.15) is 9.97 Å². The number of ether oxygens (including phenoxy) is 1. The highest BCUT2D eigenvalue weighted by molar-refractivity contribution is 7.11. The molecule has 0 radical (unpaired) electrons. The predicted molar refractivity (Wildman–Crippen MR) is 109 cm³/mol. The van der Waals surface area contributed by atoms with E-state index in [1.165, 1.54) is 41.4 Å². The number of rotatable bonds is 8. The normalized spacial score (nSPS) is 16.6. The lowest BCUT2D eigenvalue weighted by Gasteiger charge is -2.11. The molecule has 0 unspecified atom stereocenters. The van der Waals surface area contributed by atoms with E-state index in [1.54, 1.807) is 11.3 Å². The molecule has 1 fully saturated rings. The monoisotopic (exact) mass is 385 g/mol. The lowest BCUT2D eigenvalue weighted by Crippen LogP contribution is -2.17. The van der Waals surface area contributed by atoms with E-state index < -0.39 is 0 Å². The van der Waals surface area contributed by atoms with Gasteiger partial charge in [-0.1, -0.05) is 19.4 Å². The van der Waals surface area contributed by atoms with Crippen molar-refractivity contribution >= 4 is 22.7 Å². The number of nitrogens with two attached hydrogens (primary N) is 1. The van der Waals surface area contributed by atoms with Crippen LogP contribution in [0.3, 0.4) is 0 Å². The standard InChI is InChI=1S/C20H27N5OS/c1-2-3-10-26-20-23-18-14(6-7-16(18)19(21)24-20)11-15-12-22-17(27-15)13-25-8-4-5-9-25/h6,12H,2-5,7-11,13H2,1H3,(H2,21,23,24). The van der Waals surface area contributed by atoms with Gasteiger partial charge in [0, 0.05) is 23.1 Å². The van der Waals surface area contributed by atoms with E-state index in [0.29, 0.717) is 18.4 Å². The van der Waals surface area contributed by atoms with E-state index in [1.807, 2.05) is 6.20 Å². The Morgan fingerprint density at radius 1 is 1.26 bits per heavy atom. The van der Waals surface area contributed by atoms with Gasteiger partial charge in [0.25, 0.3) is 0 Å². The number of allylic oxidation sites excluding steroid dienone is 2. The van der Waals surface area contributed by atoms with Crippen molar-refractivity contribution in [2.24, 2.45) is 0 Å². The van der Waals surface area contributed by atoms with Crippen LogP contribution in [0.5, 0.6) is 6.01 Å². The van der Waals surface area contributed by atoms with E-state index in [0.717, 1.165) is 43.5 Å². The van der Waals surface area contributed by atoms with Gasteiger partial charge in [0.15, 0.2) is 0 Å². The van der Waals surface area contributed by atoms with Crippen molar-refractivity contribution in [2.75, 3.05) is 25.4 Å². The summed E-state index contributed by atoms with van der Waals surface area (Å²) in [6.07, 6.45) is 10.6.